The Kier molecular flexibility index (Phi) is 6.37. The fourth-order valence-electron chi connectivity index (χ4n) is 2.67. The van der Waals surface area contributed by atoms with Crippen LogP contribution in [0.2, 0.25) is 5.02 Å². The third-order valence-electron chi connectivity index (χ3n) is 3.92. The van der Waals surface area contributed by atoms with Gasteiger partial charge in [-0.2, -0.15) is 5.26 Å². The number of hydrogen-bond donors (Lipinski definition) is 1. The summed E-state index contributed by atoms with van der Waals surface area (Å²) >= 11 is 5.87. The van der Waals surface area contributed by atoms with Crippen LogP contribution in [0.1, 0.15) is 37.7 Å². The predicted molar refractivity (Wildman–Crippen MR) is 89.6 cm³/mol. The van der Waals surface area contributed by atoms with Gasteiger partial charge >= 0.3 is 0 Å². The minimum absolute atomic E-state index is 0.0804. The fraction of sp³-hybridized carbons (Fsp3) is 0.389. The molecule has 0 aliphatic heterocycles. The summed E-state index contributed by atoms with van der Waals surface area (Å²) in [7, 11) is 0. The number of nitriles is 1. The van der Waals surface area contributed by atoms with Gasteiger partial charge in [0.1, 0.15) is 0 Å². The first kappa shape index (κ1) is 17.2. The number of amides is 1. The first-order chi connectivity index (χ1) is 11.1. The van der Waals surface area contributed by atoms with Crippen molar-refractivity contribution in [3.63, 3.8) is 0 Å². The van der Waals surface area contributed by atoms with Crippen LogP contribution in [-0.2, 0) is 9.59 Å². The molecule has 0 heterocycles. The lowest BCUT2D eigenvalue weighted by Gasteiger charge is -2.23. The zero-order chi connectivity index (χ0) is 16.7. The summed E-state index contributed by atoms with van der Waals surface area (Å²) < 4.78 is 0. The Morgan fingerprint density at radius 3 is 2.70 bits per heavy atom. The van der Waals surface area contributed by atoms with E-state index in [1.54, 1.807) is 36.4 Å². The molecule has 1 aliphatic carbocycles. The number of carbonyl (C=O) groups is 2. The molecule has 0 radical (unpaired) electrons. The number of rotatable bonds is 5. The maximum absolute atomic E-state index is 12.1. The topological polar surface area (TPSA) is 70.0 Å². The zero-order valence-electron chi connectivity index (χ0n) is 12.8. The van der Waals surface area contributed by atoms with E-state index in [0.29, 0.717) is 5.02 Å². The van der Waals surface area contributed by atoms with Crippen molar-refractivity contribution in [1.29, 1.82) is 5.26 Å². The molecule has 1 fully saturated rings. The van der Waals surface area contributed by atoms with E-state index in [0.717, 1.165) is 31.2 Å². The van der Waals surface area contributed by atoms with E-state index < -0.39 is 17.6 Å². The molecule has 0 spiro atoms. The minimum atomic E-state index is -1.30. The molecule has 0 bridgehead atoms. The Morgan fingerprint density at radius 2 is 2.04 bits per heavy atom. The molecule has 1 N–H and O–H groups in total. The number of hydrogen-bond acceptors (Lipinski definition) is 3. The summed E-state index contributed by atoms with van der Waals surface area (Å²) in [5, 5.41) is 12.5. The summed E-state index contributed by atoms with van der Waals surface area (Å²) in [5.74, 6) is -2.31. The van der Waals surface area contributed by atoms with Crippen molar-refractivity contribution in [2.75, 3.05) is 0 Å². The summed E-state index contributed by atoms with van der Waals surface area (Å²) in [5.41, 5.74) is 0.746. The van der Waals surface area contributed by atoms with Crippen LogP contribution in [0.3, 0.4) is 0 Å². The highest BCUT2D eigenvalue weighted by Crippen LogP contribution is 2.18. The number of ketones is 1. The SMILES string of the molecule is N#CC(C(=O)C=Cc1cccc(Cl)c1)C(=O)NC1CCCCC1. The van der Waals surface area contributed by atoms with E-state index in [1.807, 2.05) is 0 Å². The van der Waals surface area contributed by atoms with Crippen molar-refractivity contribution in [3.8, 4) is 6.07 Å². The average molecular weight is 331 g/mol. The van der Waals surface area contributed by atoms with E-state index >= 15 is 0 Å². The Hall–Kier alpha value is -2.12. The van der Waals surface area contributed by atoms with Crippen LogP contribution >= 0.6 is 11.6 Å². The normalized spacial score (nSPS) is 16.7. The second-order valence-electron chi connectivity index (χ2n) is 5.70. The Labute approximate surface area is 141 Å². The number of benzene rings is 1. The van der Waals surface area contributed by atoms with Gasteiger partial charge in [0.05, 0.1) is 6.07 Å². The van der Waals surface area contributed by atoms with Crippen LogP contribution < -0.4 is 5.32 Å². The van der Waals surface area contributed by atoms with Crippen molar-refractivity contribution in [3.05, 3.63) is 40.9 Å². The molecular formula is C18H19ClN2O2. The van der Waals surface area contributed by atoms with Crippen molar-refractivity contribution in [2.24, 2.45) is 5.92 Å². The van der Waals surface area contributed by atoms with Crippen LogP contribution in [0.5, 0.6) is 0 Å². The number of carbonyl (C=O) groups excluding carboxylic acids is 2. The highest BCUT2D eigenvalue weighted by molar-refractivity contribution is 6.30. The maximum Gasteiger partial charge on any atom is 0.245 e. The monoisotopic (exact) mass is 330 g/mol. The first-order valence-electron chi connectivity index (χ1n) is 7.77. The molecule has 23 heavy (non-hydrogen) atoms. The quantitative estimate of drug-likeness (QED) is 0.663. The molecule has 1 aliphatic rings. The highest BCUT2D eigenvalue weighted by Gasteiger charge is 2.27. The van der Waals surface area contributed by atoms with Gasteiger partial charge in [-0.3, -0.25) is 9.59 Å². The van der Waals surface area contributed by atoms with Gasteiger partial charge in [-0.25, -0.2) is 0 Å². The van der Waals surface area contributed by atoms with Gasteiger partial charge in [0.25, 0.3) is 0 Å². The fourth-order valence-corrected chi connectivity index (χ4v) is 2.87. The van der Waals surface area contributed by atoms with Gasteiger partial charge in [0.15, 0.2) is 11.7 Å². The molecule has 1 atom stereocenters. The van der Waals surface area contributed by atoms with E-state index in [2.05, 4.69) is 5.32 Å². The average Bonchev–Trinajstić information content (AvgIpc) is 2.54. The Morgan fingerprint density at radius 1 is 1.30 bits per heavy atom. The first-order valence-corrected chi connectivity index (χ1v) is 8.15. The van der Waals surface area contributed by atoms with Crippen molar-refractivity contribution in [2.45, 2.75) is 38.1 Å². The highest BCUT2D eigenvalue weighted by atomic mass is 35.5. The predicted octanol–water partition coefficient (Wildman–Crippen LogP) is 3.51. The molecule has 5 heteroatoms. The minimum Gasteiger partial charge on any atom is -0.352 e. The van der Waals surface area contributed by atoms with E-state index in [1.165, 1.54) is 12.5 Å². The molecular weight excluding hydrogens is 312 g/mol. The molecule has 1 unspecified atom stereocenters. The molecule has 2 rings (SSSR count). The second kappa shape index (κ2) is 8.50. The summed E-state index contributed by atoms with van der Waals surface area (Å²) in [6, 6.07) is 8.87. The van der Waals surface area contributed by atoms with E-state index in [9.17, 15) is 9.59 Å². The number of allylic oxidation sites excluding steroid dienone is 1. The molecule has 1 amide bonds. The summed E-state index contributed by atoms with van der Waals surface area (Å²) in [6.07, 6.45) is 7.98. The zero-order valence-corrected chi connectivity index (χ0v) is 13.6. The Balaban J connectivity index is 1.97. The summed E-state index contributed by atoms with van der Waals surface area (Å²) in [6.45, 7) is 0. The number of halogens is 1. The molecule has 1 aromatic carbocycles. The van der Waals surface area contributed by atoms with Gasteiger partial charge < -0.3 is 5.32 Å². The molecule has 0 saturated heterocycles. The van der Waals surface area contributed by atoms with Crippen molar-refractivity contribution >= 4 is 29.4 Å². The van der Waals surface area contributed by atoms with Crippen LogP contribution in [0.25, 0.3) is 6.08 Å². The lowest BCUT2D eigenvalue weighted by Crippen LogP contribution is -2.41. The largest absolute Gasteiger partial charge is 0.352 e. The van der Waals surface area contributed by atoms with Gasteiger partial charge in [0, 0.05) is 11.1 Å². The second-order valence-corrected chi connectivity index (χ2v) is 6.13. The lowest BCUT2D eigenvalue weighted by atomic mass is 9.94. The number of nitrogens with zero attached hydrogens (tertiary/aromatic N) is 1. The van der Waals surface area contributed by atoms with Crippen molar-refractivity contribution in [1.82, 2.24) is 5.32 Å². The third-order valence-corrected chi connectivity index (χ3v) is 4.15. The van der Waals surface area contributed by atoms with Crippen LogP contribution in [0, 0.1) is 17.2 Å². The molecule has 120 valence electrons. The molecule has 1 aromatic rings. The van der Waals surface area contributed by atoms with Crippen molar-refractivity contribution < 1.29 is 9.59 Å². The van der Waals surface area contributed by atoms with Gasteiger partial charge in [-0.1, -0.05) is 49.1 Å². The van der Waals surface area contributed by atoms with Gasteiger partial charge in [-0.05, 0) is 36.6 Å². The van der Waals surface area contributed by atoms with E-state index in [-0.39, 0.29) is 6.04 Å². The maximum atomic E-state index is 12.1. The van der Waals surface area contributed by atoms with E-state index in [4.69, 9.17) is 16.9 Å². The smallest absolute Gasteiger partial charge is 0.245 e. The standard InChI is InChI=1S/C18H19ClN2O2/c19-14-6-4-5-13(11-14)9-10-17(22)16(12-20)18(23)21-15-7-2-1-3-8-15/h4-6,9-11,15-16H,1-3,7-8H2,(H,21,23). The van der Waals surface area contributed by atoms with Crippen LogP contribution in [0.15, 0.2) is 30.3 Å². The van der Waals surface area contributed by atoms with Crippen LogP contribution in [0.4, 0.5) is 0 Å². The third kappa shape index (κ3) is 5.22. The van der Waals surface area contributed by atoms with Gasteiger partial charge in [0.2, 0.25) is 5.91 Å². The lowest BCUT2D eigenvalue weighted by molar-refractivity contribution is -0.130. The Bertz CT molecular complexity index is 643. The molecule has 0 aromatic heterocycles. The molecule has 4 nitrogen and oxygen atoms in total. The van der Waals surface area contributed by atoms with Crippen LogP contribution in [-0.4, -0.2) is 17.7 Å². The van der Waals surface area contributed by atoms with Gasteiger partial charge in [-0.15, -0.1) is 0 Å². The molecule has 1 saturated carbocycles. The number of nitrogens with one attached hydrogen (secondary N) is 1. The summed E-state index contributed by atoms with van der Waals surface area (Å²) in [4.78, 5) is 24.3.